The van der Waals surface area contributed by atoms with Gasteiger partial charge < -0.3 is 10.0 Å². The van der Waals surface area contributed by atoms with E-state index in [0.29, 0.717) is 27.3 Å². The lowest BCUT2D eigenvalue weighted by molar-refractivity contribution is 0.0693. The second kappa shape index (κ2) is 6.29. The number of carboxylic acid groups (broad SMARTS) is 1. The molecule has 0 atom stereocenters. The van der Waals surface area contributed by atoms with Crippen LogP contribution in [0.3, 0.4) is 0 Å². The average Bonchev–Trinajstić information content (AvgIpc) is 3.16. The molecule has 126 valence electrons. The molecule has 0 aliphatic carbocycles. The van der Waals surface area contributed by atoms with Gasteiger partial charge in [0.2, 0.25) is 0 Å². The number of pyridine rings is 1. The van der Waals surface area contributed by atoms with E-state index in [1.165, 1.54) is 12.8 Å². The van der Waals surface area contributed by atoms with E-state index in [2.05, 4.69) is 19.9 Å². The number of carbonyl (C=O) groups is 1. The molecule has 0 spiro atoms. The van der Waals surface area contributed by atoms with Crippen molar-refractivity contribution in [1.29, 1.82) is 0 Å². The summed E-state index contributed by atoms with van der Waals surface area (Å²) in [6.45, 7) is 2.02. The van der Waals surface area contributed by atoms with Crippen LogP contribution in [0.5, 0.6) is 0 Å². The summed E-state index contributed by atoms with van der Waals surface area (Å²) >= 11 is 6.20. The number of nitrogens with zero attached hydrogens (tertiary/aromatic N) is 4. The Bertz CT molecular complexity index is 953. The Kier molecular flexibility index (Phi) is 3.97. The van der Waals surface area contributed by atoms with E-state index in [0.717, 1.165) is 18.9 Å². The molecule has 3 heterocycles. The number of rotatable bonds is 3. The first-order chi connectivity index (χ1) is 12.1. The highest BCUT2D eigenvalue weighted by atomic mass is 35.5. The minimum absolute atomic E-state index is 0.0638. The van der Waals surface area contributed by atoms with E-state index < -0.39 is 5.97 Å². The van der Waals surface area contributed by atoms with Gasteiger partial charge in [-0.05, 0) is 31.0 Å². The van der Waals surface area contributed by atoms with Crippen molar-refractivity contribution < 1.29 is 9.90 Å². The molecule has 25 heavy (non-hydrogen) atoms. The lowest BCUT2D eigenvalue weighted by Crippen LogP contribution is -2.18. The molecule has 3 aromatic rings. The van der Waals surface area contributed by atoms with Crippen LogP contribution in [0.4, 0.5) is 5.82 Å². The smallest absolute Gasteiger partial charge is 0.355 e. The number of para-hydroxylation sites is 1. The second-order valence-corrected chi connectivity index (χ2v) is 6.34. The van der Waals surface area contributed by atoms with E-state index in [9.17, 15) is 9.90 Å². The molecular weight excluding hydrogens is 340 g/mol. The van der Waals surface area contributed by atoms with Crippen molar-refractivity contribution in [3.63, 3.8) is 0 Å². The summed E-state index contributed by atoms with van der Waals surface area (Å²) in [4.78, 5) is 27.0. The number of carboxylic acids is 1. The Morgan fingerprint density at radius 1 is 1.12 bits per heavy atom. The molecule has 1 saturated heterocycles. The minimum atomic E-state index is -1.11. The minimum Gasteiger partial charge on any atom is -0.476 e. The van der Waals surface area contributed by atoms with Crippen LogP contribution in [-0.2, 0) is 0 Å². The largest absolute Gasteiger partial charge is 0.476 e. The van der Waals surface area contributed by atoms with Crippen molar-refractivity contribution in [1.82, 2.24) is 15.0 Å². The maximum atomic E-state index is 11.6. The van der Waals surface area contributed by atoms with Gasteiger partial charge in [-0.3, -0.25) is 0 Å². The Morgan fingerprint density at radius 2 is 1.92 bits per heavy atom. The van der Waals surface area contributed by atoms with E-state index in [1.54, 1.807) is 24.4 Å². The Labute approximate surface area is 149 Å². The lowest BCUT2D eigenvalue weighted by Gasteiger charge is -2.16. The van der Waals surface area contributed by atoms with Gasteiger partial charge in [0, 0.05) is 30.2 Å². The summed E-state index contributed by atoms with van der Waals surface area (Å²) in [5.74, 6) is 0.106. The van der Waals surface area contributed by atoms with Crippen LogP contribution in [0.2, 0.25) is 5.02 Å². The van der Waals surface area contributed by atoms with E-state index >= 15 is 0 Å². The monoisotopic (exact) mass is 354 g/mol. The van der Waals surface area contributed by atoms with Crippen molar-refractivity contribution in [3.8, 4) is 11.4 Å². The highest BCUT2D eigenvalue weighted by Gasteiger charge is 2.17. The van der Waals surface area contributed by atoms with Crippen molar-refractivity contribution in [2.45, 2.75) is 12.8 Å². The Hall–Kier alpha value is -2.73. The molecule has 0 amide bonds. The standard InChI is InChI=1S/C18H15ClN4O2/c19-13-5-3-4-12-15(13)21-17(22-16(12)18(24)25)11-6-7-14(20-10-11)23-8-1-2-9-23/h3-7,10H,1-2,8-9H2,(H,24,25). The summed E-state index contributed by atoms with van der Waals surface area (Å²) in [6, 6.07) is 8.81. The third-order valence-corrected chi connectivity index (χ3v) is 4.62. The number of hydrogen-bond donors (Lipinski definition) is 1. The van der Waals surface area contributed by atoms with Gasteiger partial charge in [0.05, 0.1) is 10.5 Å². The number of fused-ring (bicyclic) bond motifs is 1. The number of aromatic nitrogens is 3. The van der Waals surface area contributed by atoms with Gasteiger partial charge in [0.25, 0.3) is 0 Å². The van der Waals surface area contributed by atoms with Crippen molar-refractivity contribution in [2.24, 2.45) is 0 Å². The summed E-state index contributed by atoms with van der Waals surface area (Å²) in [5.41, 5.74) is 1.02. The van der Waals surface area contributed by atoms with Crippen molar-refractivity contribution >= 4 is 34.3 Å². The molecular formula is C18H15ClN4O2. The van der Waals surface area contributed by atoms with Crippen LogP contribution in [0, 0.1) is 0 Å². The second-order valence-electron chi connectivity index (χ2n) is 5.94. The van der Waals surface area contributed by atoms with Crippen LogP contribution in [-0.4, -0.2) is 39.1 Å². The van der Waals surface area contributed by atoms with Gasteiger partial charge >= 0.3 is 5.97 Å². The van der Waals surface area contributed by atoms with Gasteiger partial charge in [-0.25, -0.2) is 19.7 Å². The van der Waals surface area contributed by atoms with Crippen LogP contribution in [0.15, 0.2) is 36.5 Å². The summed E-state index contributed by atoms with van der Waals surface area (Å²) < 4.78 is 0. The quantitative estimate of drug-likeness (QED) is 0.773. The van der Waals surface area contributed by atoms with Gasteiger partial charge in [-0.2, -0.15) is 0 Å². The zero-order valence-corrected chi connectivity index (χ0v) is 14.1. The molecule has 0 radical (unpaired) electrons. The van der Waals surface area contributed by atoms with Crippen molar-refractivity contribution in [3.05, 3.63) is 47.2 Å². The fourth-order valence-corrected chi connectivity index (χ4v) is 3.28. The van der Waals surface area contributed by atoms with Gasteiger partial charge in [0.1, 0.15) is 5.82 Å². The Balaban J connectivity index is 1.80. The van der Waals surface area contributed by atoms with Crippen LogP contribution in [0.1, 0.15) is 23.3 Å². The topological polar surface area (TPSA) is 79.2 Å². The molecule has 0 unspecified atom stereocenters. The SMILES string of the molecule is O=C(O)c1nc(-c2ccc(N3CCCC3)nc2)nc2c(Cl)cccc12. The average molecular weight is 355 g/mol. The van der Waals surface area contributed by atoms with Crippen LogP contribution >= 0.6 is 11.6 Å². The van der Waals surface area contributed by atoms with Gasteiger partial charge in [0.15, 0.2) is 11.5 Å². The summed E-state index contributed by atoms with van der Waals surface area (Å²) in [5, 5.41) is 10.3. The molecule has 1 aliphatic heterocycles. The number of aromatic carboxylic acids is 1. The predicted octanol–water partition coefficient (Wildman–Crippen LogP) is 3.64. The highest BCUT2D eigenvalue weighted by molar-refractivity contribution is 6.35. The molecule has 4 rings (SSSR count). The molecule has 1 aliphatic rings. The molecule has 1 aromatic carbocycles. The molecule has 7 heteroatoms. The molecule has 0 saturated carbocycles. The predicted molar refractivity (Wildman–Crippen MR) is 96.2 cm³/mol. The normalized spacial score (nSPS) is 14.2. The fourth-order valence-electron chi connectivity index (χ4n) is 3.06. The number of benzene rings is 1. The van der Waals surface area contributed by atoms with E-state index in [4.69, 9.17) is 11.6 Å². The van der Waals surface area contributed by atoms with Crippen LogP contribution in [0.25, 0.3) is 22.3 Å². The number of halogens is 1. The molecule has 1 N–H and O–H groups in total. The van der Waals surface area contributed by atoms with Gasteiger partial charge in [-0.1, -0.05) is 23.7 Å². The lowest BCUT2D eigenvalue weighted by atomic mass is 10.1. The zero-order valence-electron chi connectivity index (χ0n) is 13.3. The first-order valence-electron chi connectivity index (χ1n) is 8.04. The number of hydrogen-bond acceptors (Lipinski definition) is 5. The molecule has 6 nitrogen and oxygen atoms in total. The molecule has 1 fully saturated rings. The fraction of sp³-hybridized carbons (Fsp3) is 0.222. The third kappa shape index (κ3) is 2.89. The zero-order chi connectivity index (χ0) is 17.4. The summed E-state index contributed by atoms with van der Waals surface area (Å²) in [7, 11) is 0. The maximum Gasteiger partial charge on any atom is 0.355 e. The first kappa shape index (κ1) is 15.8. The third-order valence-electron chi connectivity index (χ3n) is 4.32. The Morgan fingerprint density at radius 3 is 2.60 bits per heavy atom. The number of anilines is 1. The molecule has 2 aromatic heterocycles. The van der Waals surface area contributed by atoms with Gasteiger partial charge in [-0.15, -0.1) is 0 Å². The summed E-state index contributed by atoms with van der Waals surface area (Å²) in [6.07, 6.45) is 4.03. The first-order valence-corrected chi connectivity index (χ1v) is 8.42. The van der Waals surface area contributed by atoms with E-state index in [-0.39, 0.29) is 5.69 Å². The van der Waals surface area contributed by atoms with E-state index in [1.807, 2.05) is 12.1 Å². The van der Waals surface area contributed by atoms with Crippen molar-refractivity contribution in [2.75, 3.05) is 18.0 Å². The van der Waals surface area contributed by atoms with Crippen LogP contribution < -0.4 is 4.90 Å². The highest BCUT2D eigenvalue weighted by Crippen LogP contribution is 2.27. The molecule has 0 bridgehead atoms. The maximum absolute atomic E-state index is 11.6.